The Balaban J connectivity index is 1.73. The lowest BCUT2D eigenvalue weighted by molar-refractivity contribution is -0.139. The Hall–Kier alpha value is -2.86. The van der Waals surface area contributed by atoms with Gasteiger partial charge in [-0.2, -0.15) is 0 Å². The maximum absolute atomic E-state index is 11.8. The normalized spacial score (nSPS) is 10.1. The number of hydrogen-bond acceptors (Lipinski definition) is 4. The Morgan fingerprint density at radius 2 is 1.65 bits per heavy atom. The molecule has 23 heavy (non-hydrogen) atoms. The Bertz CT molecular complexity index is 640. The third kappa shape index (κ3) is 6.19. The van der Waals surface area contributed by atoms with Crippen LogP contribution in [0.3, 0.4) is 0 Å². The highest BCUT2D eigenvalue weighted by Crippen LogP contribution is 2.15. The van der Waals surface area contributed by atoms with Crippen LogP contribution in [0.1, 0.15) is 5.56 Å². The smallest absolute Gasteiger partial charge is 0.341 e. The summed E-state index contributed by atoms with van der Waals surface area (Å²) in [5.41, 5.74) is 1.58. The van der Waals surface area contributed by atoms with Crippen molar-refractivity contribution in [1.29, 1.82) is 0 Å². The zero-order chi connectivity index (χ0) is 16.5. The number of anilines is 1. The number of ether oxygens (including phenoxy) is 2. The van der Waals surface area contributed by atoms with Crippen LogP contribution in [-0.2, 0) is 20.9 Å². The first-order valence-corrected chi connectivity index (χ1v) is 6.99. The summed E-state index contributed by atoms with van der Waals surface area (Å²) >= 11 is 0. The summed E-state index contributed by atoms with van der Waals surface area (Å²) < 4.78 is 10.3. The van der Waals surface area contributed by atoms with Crippen molar-refractivity contribution in [3.05, 3.63) is 60.2 Å². The van der Waals surface area contributed by atoms with Crippen molar-refractivity contribution in [3.8, 4) is 5.75 Å². The van der Waals surface area contributed by atoms with E-state index in [0.29, 0.717) is 18.0 Å². The molecule has 0 aliphatic heterocycles. The highest BCUT2D eigenvalue weighted by molar-refractivity contribution is 5.91. The van der Waals surface area contributed by atoms with E-state index >= 15 is 0 Å². The molecule has 0 atom stereocenters. The number of rotatable bonds is 8. The van der Waals surface area contributed by atoms with Crippen LogP contribution in [0.5, 0.6) is 5.75 Å². The van der Waals surface area contributed by atoms with E-state index in [2.05, 4.69) is 5.32 Å². The van der Waals surface area contributed by atoms with E-state index in [4.69, 9.17) is 14.6 Å². The second kappa shape index (κ2) is 8.55. The third-order valence-corrected chi connectivity index (χ3v) is 2.85. The average molecular weight is 315 g/mol. The first-order chi connectivity index (χ1) is 11.1. The lowest BCUT2D eigenvalue weighted by Gasteiger charge is -2.08. The first-order valence-electron chi connectivity index (χ1n) is 6.99. The zero-order valence-electron chi connectivity index (χ0n) is 12.4. The summed E-state index contributed by atoms with van der Waals surface area (Å²) in [5, 5.41) is 11.2. The predicted octanol–water partition coefficient (Wildman–Crippen LogP) is 2.31. The van der Waals surface area contributed by atoms with Crippen LogP contribution >= 0.6 is 0 Å². The summed E-state index contributed by atoms with van der Waals surface area (Å²) in [6, 6.07) is 16.0. The lowest BCUT2D eigenvalue weighted by Crippen LogP contribution is -2.18. The number of benzene rings is 2. The molecule has 2 N–H and O–H groups in total. The molecule has 0 aliphatic rings. The SMILES string of the molecule is O=C(O)COc1ccc(NC(=O)COCc2ccccc2)cc1. The average Bonchev–Trinajstić information content (AvgIpc) is 2.55. The molecule has 0 heterocycles. The molecule has 0 aliphatic carbocycles. The maximum Gasteiger partial charge on any atom is 0.341 e. The molecule has 0 spiro atoms. The number of hydrogen-bond donors (Lipinski definition) is 2. The van der Waals surface area contributed by atoms with Gasteiger partial charge >= 0.3 is 5.97 Å². The minimum Gasteiger partial charge on any atom is -0.482 e. The molecule has 120 valence electrons. The van der Waals surface area contributed by atoms with Crippen molar-refractivity contribution >= 4 is 17.6 Å². The topological polar surface area (TPSA) is 84.9 Å². The molecule has 0 radical (unpaired) electrons. The van der Waals surface area contributed by atoms with Crippen molar-refractivity contribution in [2.45, 2.75) is 6.61 Å². The van der Waals surface area contributed by atoms with Crippen molar-refractivity contribution in [2.75, 3.05) is 18.5 Å². The number of aliphatic carboxylic acids is 1. The molecule has 2 aromatic rings. The molecular formula is C17H17NO5. The largest absolute Gasteiger partial charge is 0.482 e. The lowest BCUT2D eigenvalue weighted by atomic mass is 10.2. The fraction of sp³-hybridized carbons (Fsp3) is 0.176. The molecule has 0 bridgehead atoms. The summed E-state index contributed by atoms with van der Waals surface area (Å²) in [7, 11) is 0. The Morgan fingerprint density at radius 1 is 0.957 bits per heavy atom. The van der Waals surface area contributed by atoms with Gasteiger partial charge in [0.1, 0.15) is 12.4 Å². The highest BCUT2D eigenvalue weighted by atomic mass is 16.5. The van der Waals surface area contributed by atoms with Crippen LogP contribution in [0.25, 0.3) is 0 Å². The van der Waals surface area contributed by atoms with Crippen LogP contribution in [0.15, 0.2) is 54.6 Å². The van der Waals surface area contributed by atoms with Crippen LogP contribution in [0.2, 0.25) is 0 Å². The van der Waals surface area contributed by atoms with E-state index in [0.717, 1.165) is 5.56 Å². The molecule has 1 amide bonds. The van der Waals surface area contributed by atoms with Gasteiger partial charge in [-0.3, -0.25) is 4.79 Å². The number of nitrogens with one attached hydrogen (secondary N) is 1. The quantitative estimate of drug-likeness (QED) is 0.781. The third-order valence-electron chi connectivity index (χ3n) is 2.85. The molecule has 6 nitrogen and oxygen atoms in total. The second-order valence-electron chi connectivity index (χ2n) is 4.73. The van der Waals surface area contributed by atoms with Gasteiger partial charge in [0, 0.05) is 5.69 Å². The Kier molecular flexibility index (Phi) is 6.14. The van der Waals surface area contributed by atoms with Crippen molar-refractivity contribution in [1.82, 2.24) is 0 Å². The Labute approximate surface area is 133 Å². The van der Waals surface area contributed by atoms with E-state index in [1.165, 1.54) is 0 Å². The monoisotopic (exact) mass is 315 g/mol. The highest BCUT2D eigenvalue weighted by Gasteiger charge is 2.04. The molecule has 0 aromatic heterocycles. The fourth-order valence-electron chi connectivity index (χ4n) is 1.81. The van der Waals surface area contributed by atoms with Gasteiger partial charge in [0.05, 0.1) is 6.61 Å². The first kappa shape index (κ1) is 16.5. The molecule has 0 saturated carbocycles. The number of carboxylic acid groups (broad SMARTS) is 1. The number of amides is 1. The van der Waals surface area contributed by atoms with Crippen molar-refractivity contribution < 1.29 is 24.2 Å². The summed E-state index contributed by atoms with van der Waals surface area (Å²) in [6.45, 7) is -0.0819. The summed E-state index contributed by atoms with van der Waals surface area (Å²) in [6.07, 6.45) is 0. The van der Waals surface area contributed by atoms with E-state index in [1.54, 1.807) is 24.3 Å². The van der Waals surface area contributed by atoms with E-state index in [1.807, 2.05) is 30.3 Å². The second-order valence-corrected chi connectivity index (χ2v) is 4.73. The van der Waals surface area contributed by atoms with Gasteiger partial charge in [-0.25, -0.2) is 4.79 Å². The van der Waals surface area contributed by atoms with Crippen LogP contribution in [-0.4, -0.2) is 30.2 Å². The minimum absolute atomic E-state index is 0.0494. The van der Waals surface area contributed by atoms with E-state index in [-0.39, 0.29) is 12.5 Å². The number of carbonyl (C=O) groups is 2. The van der Waals surface area contributed by atoms with E-state index < -0.39 is 12.6 Å². The van der Waals surface area contributed by atoms with Crippen molar-refractivity contribution in [2.24, 2.45) is 0 Å². The van der Waals surface area contributed by atoms with Gasteiger partial charge in [0.2, 0.25) is 5.91 Å². The molecule has 2 aromatic carbocycles. The van der Waals surface area contributed by atoms with Gasteiger partial charge < -0.3 is 19.9 Å². The van der Waals surface area contributed by atoms with Gasteiger partial charge in [0.15, 0.2) is 6.61 Å². The molecule has 6 heteroatoms. The zero-order valence-corrected chi connectivity index (χ0v) is 12.4. The maximum atomic E-state index is 11.8. The molecule has 2 rings (SSSR count). The standard InChI is InChI=1S/C17H17NO5/c19-16(11-22-10-13-4-2-1-3-5-13)18-14-6-8-15(9-7-14)23-12-17(20)21/h1-9H,10-12H2,(H,18,19)(H,20,21). The Morgan fingerprint density at radius 3 is 2.30 bits per heavy atom. The number of carbonyl (C=O) groups excluding carboxylic acids is 1. The summed E-state index contributed by atoms with van der Waals surface area (Å²) in [4.78, 5) is 22.1. The van der Waals surface area contributed by atoms with Crippen LogP contribution in [0, 0.1) is 0 Å². The van der Waals surface area contributed by atoms with Crippen LogP contribution in [0.4, 0.5) is 5.69 Å². The van der Waals surface area contributed by atoms with Gasteiger partial charge in [-0.05, 0) is 29.8 Å². The van der Waals surface area contributed by atoms with Crippen LogP contribution < -0.4 is 10.1 Å². The molecular weight excluding hydrogens is 298 g/mol. The van der Waals surface area contributed by atoms with E-state index in [9.17, 15) is 9.59 Å². The molecule has 0 saturated heterocycles. The predicted molar refractivity (Wildman–Crippen MR) is 84.3 cm³/mol. The fourth-order valence-corrected chi connectivity index (χ4v) is 1.81. The number of carboxylic acids is 1. The minimum atomic E-state index is -1.04. The van der Waals surface area contributed by atoms with Crippen molar-refractivity contribution in [3.63, 3.8) is 0 Å². The molecule has 0 fully saturated rings. The summed E-state index contributed by atoms with van der Waals surface area (Å²) in [5.74, 6) is -0.885. The van der Waals surface area contributed by atoms with Gasteiger partial charge in [0.25, 0.3) is 0 Å². The van der Waals surface area contributed by atoms with Gasteiger partial charge in [-0.1, -0.05) is 30.3 Å². The van der Waals surface area contributed by atoms with Gasteiger partial charge in [-0.15, -0.1) is 0 Å². The molecule has 0 unspecified atom stereocenters.